The van der Waals surface area contributed by atoms with E-state index in [2.05, 4.69) is 17.3 Å². The maximum Gasteiger partial charge on any atom is 0.279 e. The van der Waals surface area contributed by atoms with Crippen LogP contribution in [0.25, 0.3) is 16.5 Å². The highest BCUT2D eigenvalue weighted by Gasteiger charge is 2.23. The molecular weight excluding hydrogens is 436 g/mol. The largest absolute Gasteiger partial charge is 0.497 e. The fourth-order valence-electron chi connectivity index (χ4n) is 4.25. The maximum atomic E-state index is 13.3. The van der Waals surface area contributed by atoms with Gasteiger partial charge in [-0.25, -0.2) is 0 Å². The van der Waals surface area contributed by atoms with Gasteiger partial charge in [0.2, 0.25) is 5.91 Å². The number of benzene rings is 2. The number of fused-ring (bicyclic) bond motifs is 1. The van der Waals surface area contributed by atoms with Crippen LogP contribution in [0.2, 0.25) is 0 Å². The molecule has 2 amide bonds. The van der Waals surface area contributed by atoms with Gasteiger partial charge in [-0.1, -0.05) is 25.1 Å². The SMILES string of the molecule is COc1ccc(-n2nc(C(=O)NCC(=O)N3CCC[C@H](C)C3)c3ccccc3c2=O)c(OC)c1. The first kappa shape index (κ1) is 23.3. The first-order valence-electron chi connectivity index (χ1n) is 11.2. The van der Waals surface area contributed by atoms with Crippen LogP contribution in [0.4, 0.5) is 0 Å². The number of hydrogen-bond acceptors (Lipinski definition) is 6. The van der Waals surface area contributed by atoms with Gasteiger partial charge in [0, 0.05) is 24.5 Å². The fraction of sp³-hybridized carbons (Fsp3) is 0.360. The summed E-state index contributed by atoms with van der Waals surface area (Å²) < 4.78 is 11.8. The Balaban J connectivity index is 1.69. The third-order valence-electron chi connectivity index (χ3n) is 6.05. The Hall–Kier alpha value is -3.88. The first-order valence-corrected chi connectivity index (χ1v) is 11.2. The molecule has 3 aromatic rings. The van der Waals surface area contributed by atoms with E-state index in [9.17, 15) is 14.4 Å². The number of amides is 2. The molecule has 1 atom stereocenters. The van der Waals surface area contributed by atoms with Crippen LogP contribution >= 0.6 is 0 Å². The highest BCUT2D eigenvalue weighted by molar-refractivity contribution is 6.05. The monoisotopic (exact) mass is 464 g/mol. The number of likely N-dealkylation sites (tertiary alicyclic amines) is 1. The van der Waals surface area contributed by atoms with Crippen molar-refractivity contribution in [2.24, 2.45) is 5.92 Å². The van der Waals surface area contributed by atoms with Gasteiger partial charge in [0.25, 0.3) is 11.5 Å². The van der Waals surface area contributed by atoms with Gasteiger partial charge in [0.05, 0.1) is 26.2 Å². The van der Waals surface area contributed by atoms with E-state index in [0.29, 0.717) is 47.0 Å². The summed E-state index contributed by atoms with van der Waals surface area (Å²) in [6, 6.07) is 11.7. The Morgan fingerprint density at radius 2 is 1.88 bits per heavy atom. The Labute approximate surface area is 197 Å². The third kappa shape index (κ3) is 4.59. The molecule has 1 N–H and O–H groups in total. The van der Waals surface area contributed by atoms with Gasteiger partial charge in [-0.05, 0) is 37.0 Å². The number of hydrogen-bond donors (Lipinski definition) is 1. The quantitative estimate of drug-likeness (QED) is 0.601. The smallest absolute Gasteiger partial charge is 0.279 e. The lowest BCUT2D eigenvalue weighted by Crippen LogP contribution is -2.44. The summed E-state index contributed by atoms with van der Waals surface area (Å²) in [5.41, 5.74) is 0.0216. The number of methoxy groups -OCH3 is 2. The fourth-order valence-corrected chi connectivity index (χ4v) is 4.25. The van der Waals surface area contributed by atoms with Crippen molar-refractivity contribution in [3.05, 3.63) is 58.5 Å². The minimum atomic E-state index is -0.532. The topological polar surface area (TPSA) is 103 Å². The van der Waals surface area contributed by atoms with E-state index in [1.165, 1.54) is 14.2 Å². The molecule has 1 saturated heterocycles. The molecule has 1 aromatic heterocycles. The van der Waals surface area contributed by atoms with Crippen LogP contribution in [-0.4, -0.2) is 60.3 Å². The molecule has 2 aromatic carbocycles. The van der Waals surface area contributed by atoms with Crippen LogP contribution in [0, 0.1) is 5.92 Å². The van der Waals surface area contributed by atoms with E-state index in [1.807, 2.05) is 0 Å². The third-order valence-corrected chi connectivity index (χ3v) is 6.05. The van der Waals surface area contributed by atoms with Gasteiger partial charge in [-0.3, -0.25) is 14.4 Å². The number of nitrogens with one attached hydrogen (secondary N) is 1. The van der Waals surface area contributed by atoms with E-state index in [4.69, 9.17) is 9.47 Å². The van der Waals surface area contributed by atoms with E-state index in [-0.39, 0.29) is 18.1 Å². The summed E-state index contributed by atoms with van der Waals surface area (Å²) in [4.78, 5) is 40.8. The molecule has 9 nitrogen and oxygen atoms in total. The van der Waals surface area contributed by atoms with Gasteiger partial charge in [-0.2, -0.15) is 9.78 Å². The van der Waals surface area contributed by atoms with Gasteiger partial charge >= 0.3 is 0 Å². The molecule has 2 heterocycles. The maximum absolute atomic E-state index is 13.3. The Bertz CT molecular complexity index is 1290. The van der Waals surface area contributed by atoms with Crippen molar-refractivity contribution < 1.29 is 19.1 Å². The summed E-state index contributed by atoms with van der Waals surface area (Å²) in [6.45, 7) is 3.37. The predicted octanol–water partition coefficient (Wildman–Crippen LogP) is 2.39. The average Bonchev–Trinajstić information content (AvgIpc) is 2.87. The zero-order valence-corrected chi connectivity index (χ0v) is 19.5. The van der Waals surface area contributed by atoms with Gasteiger partial charge < -0.3 is 19.7 Å². The number of carbonyl (C=O) groups excluding carboxylic acids is 2. The molecule has 34 heavy (non-hydrogen) atoms. The van der Waals surface area contributed by atoms with Crippen molar-refractivity contribution in [3.8, 4) is 17.2 Å². The minimum Gasteiger partial charge on any atom is -0.497 e. The van der Waals surface area contributed by atoms with Crippen LogP contribution in [-0.2, 0) is 4.79 Å². The lowest BCUT2D eigenvalue weighted by Gasteiger charge is -2.31. The van der Waals surface area contributed by atoms with E-state index < -0.39 is 11.5 Å². The number of nitrogens with zero attached hydrogens (tertiary/aromatic N) is 3. The number of aromatic nitrogens is 2. The highest BCUT2D eigenvalue weighted by Crippen LogP contribution is 2.27. The van der Waals surface area contributed by atoms with Crippen molar-refractivity contribution in [1.29, 1.82) is 0 Å². The molecule has 4 rings (SSSR count). The zero-order valence-electron chi connectivity index (χ0n) is 19.5. The Kier molecular flexibility index (Phi) is 6.81. The molecule has 0 bridgehead atoms. The predicted molar refractivity (Wildman–Crippen MR) is 128 cm³/mol. The van der Waals surface area contributed by atoms with Crippen molar-refractivity contribution >= 4 is 22.6 Å². The van der Waals surface area contributed by atoms with Crippen LogP contribution in [0.15, 0.2) is 47.3 Å². The van der Waals surface area contributed by atoms with Gasteiger partial charge in [0.15, 0.2) is 5.69 Å². The van der Waals surface area contributed by atoms with Gasteiger partial charge in [0.1, 0.15) is 17.2 Å². The molecule has 0 aliphatic carbocycles. The van der Waals surface area contributed by atoms with E-state index >= 15 is 0 Å². The molecule has 0 radical (unpaired) electrons. The molecule has 0 saturated carbocycles. The first-order chi connectivity index (χ1) is 16.4. The summed E-state index contributed by atoms with van der Waals surface area (Å²) in [5.74, 6) is 0.704. The van der Waals surface area contributed by atoms with E-state index in [0.717, 1.165) is 17.5 Å². The molecule has 9 heteroatoms. The summed E-state index contributed by atoms with van der Waals surface area (Å²) in [7, 11) is 3.01. The highest BCUT2D eigenvalue weighted by atomic mass is 16.5. The summed E-state index contributed by atoms with van der Waals surface area (Å²) >= 11 is 0. The zero-order chi connectivity index (χ0) is 24.2. The lowest BCUT2D eigenvalue weighted by atomic mass is 10.0. The molecule has 1 aliphatic rings. The van der Waals surface area contributed by atoms with Crippen molar-refractivity contribution in [2.45, 2.75) is 19.8 Å². The molecule has 0 spiro atoms. The van der Waals surface area contributed by atoms with E-state index in [1.54, 1.807) is 47.4 Å². The summed E-state index contributed by atoms with van der Waals surface area (Å²) in [5, 5.41) is 7.81. The lowest BCUT2D eigenvalue weighted by molar-refractivity contribution is -0.131. The Morgan fingerprint density at radius 3 is 2.59 bits per heavy atom. The minimum absolute atomic E-state index is 0.0490. The second kappa shape index (κ2) is 9.94. The van der Waals surface area contributed by atoms with Crippen molar-refractivity contribution in [1.82, 2.24) is 20.0 Å². The molecule has 178 valence electrons. The van der Waals surface area contributed by atoms with Gasteiger partial charge in [-0.15, -0.1) is 0 Å². The van der Waals surface area contributed by atoms with Crippen LogP contribution in [0.3, 0.4) is 0 Å². The Morgan fingerprint density at radius 1 is 1.12 bits per heavy atom. The molecule has 0 unspecified atom stereocenters. The average molecular weight is 465 g/mol. The number of rotatable bonds is 6. The number of piperidine rings is 1. The summed E-state index contributed by atoms with van der Waals surface area (Å²) in [6.07, 6.45) is 2.06. The van der Waals surface area contributed by atoms with Crippen LogP contribution in [0.5, 0.6) is 11.5 Å². The van der Waals surface area contributed by atoms with Crippen LogP contribution < -0.4 is 20.3 Å². The second-order valence-electron chi connectivity index (χ2n) is 8.42. The number of carbonyl (C=O) groups is 2. The second-order valence-corrected chi connectivity index (χ2v) is 8.42. The molecule has 1 aliphatic heterocycles. The standard InChI is InChI=1S/C25H28N4O5/c1-16-7-6-12-28(15-16)22(30)14-26-24(31)23-18-8-4-5-9-19(18)25(32)29(27-23)20-11-10-17(33-2)13-21(20)34-3/h4-5,8-11,13,16H,6-7,12,14-15H2,1-3H3,(H,26,31)/t16-/m0/s1. The molecule has 1 fully saturated rings. The molecular formula is C25H28N4O5. The van der Waals surface area contributed by atoms with Crippen molar-refractivity contribution in [3.63, 3.8) is 0 Å². The van der Waals surface area contributed by atoms with Crippen molar-refractivity contribution in [2.75, 3.05) is 33.9 Å². The number of ether oxygens (including phenoxy) is 2. The van der Waals surface area contributed by atoms with Crippen LogP contribution in [0.1, 0.15) is 30.3 Å². The normalized spacial score (nSPS) is 15.7.